The van der Waals surface area contributed by atoms with Crippen molar-refractivity contribution in [3.8, 4) is 11.3 Å². The molecule has 2 rings (SSSR count). The summed E-state index contributed by atoms with van der Waals surface area (Å²) in [5, 5.41) is 0. The van der Waals surface area contributed by atoms with Gasteiger partial charge in [0.05, 0.1) is 0 Å². The van der Waals surface area contributed by atoms with Gasteiger partial charge in [-0.25, -0.2) is 4.57 Å². The third-order valence-corrected chi connectivity index (χ3v) is 3.01. The fraction of sp³-hybridized carbons (Fsp3) is 0.267. The minimum atomic E-state index is 0.341. The summed E-state index contributed by atoms with van der Waals surface area (Å²) in [7, 11) is 2.04. The number of nitrogens with zero attached hydrogens (tertiary/aromatic N) is 1. The number of pyridine rings is 1. The molecule has 1 heteroatoms. The zero-order valence-electron chi connectivity index (χ0n) is 11.1. The molecule has 0 radical (unpaired) electrons. The highest BCUT2D eigenvalue weighted by Crippen LogP contribution is 2.21. The molecular formula is C15H18N+. The van der Waals surface area contributed by atoms with E-state index in [4.69, 9.17) is 1.37 Å². The van der Waals surface area contributed by atoms with Gasteiger partial charge in [0.15, 0.2) is 6.20 Å². The van der Waals surface area contributed by atoms with Crippen LogP contribution in [0.3, 0.4) is 0 Å². The highest BCUT2D eigenvalue weighted by molar-refractivity contribution is 5.61. The van der Waals surface area contributed by atoms with Crippen molar-refractivity contribution in [2.75, 3.05) is 0 Å². The molecule has 0 atom stereocenters. The van der Waals surface area contributed by atoms with Crippen molar-refractivity contribution in [2.24, 2.45) is 7.05 Å². The highest BCUT2D eigenvalue weighted by Gasteiger charge is 2.13. The SMILES string of the molecule is [2H]Cc1c[n+](C)c(-c2ccccc2C)cc1C. The molecule has 0 spiro atoms. The third kappa shape index (κ3) is 1.85. The first-order valence-corrected chi connectivity index (χ1v) is 5.48. The van der Waals surface area contributed by atoms with Crippen LogP contribution in [-0.2, 0) is 7.05 Å². The third-order valence-electron chi connectivity index (χ3n) is 3.01. The molecule has 0 aliphatic rings. The summed E-state index contributed by atoms with van der Waals surface area (Å²) in [5.41, 5.74) is 6.02. The fourth-order valence-electron chi connectivity index (χ4n) is 1.93. The van der Waals surface area contributed by atoms with Crippen molar-refractivity contribution in [1.82, 2.24) is 0 Å². The summed E-state index contributed by atoms with van der Waals surface area (Å²) in [6.45, 7) is 4.54. The van der Waals surface area contributed by atoms with Gasteiger partial charge in [0.2, 0.25) is 5.69 Å². The largest absolute Gasteiger partial charge is 0.212 e. The molecule has 0 amide bonds. The van der Waals surface area contributed by atoms with Crippen molar-refractivity contribution in [3.63, 3.8) is 0 Å². The summed E-state index contributed by atoms with van der Waals surface area (Å²) in [6.07, 6.45) is 2.06. The number of hydrogen-bond donors (Lipinski definition) is 0. The topological polar surface area (TPSA) is 3.88 Å². The standard InChI is InChI=1S/C15H18N/c1-11-7-5-6-8-14(11)15-9-12(2)13(3)10-16(15)4/h5-10H,1-4H3/q+1/i3D. The average molecular weight is 213 g/mol. The van der Waals surface area contributed by atoms with Crippen molar-refractivity contribution in [1.29, 1.82) is 0 Å². The van der Waals surface area contributed by atoms with Gasteiger partial charge in [-0.15, -0.1) is 0 Å². The molecule has 0 aliphatic carbocycles. The van der Waals surface area contributed by atoms with Crippen LogP contribution in [0.5, 0.6) is 0 Å². The quantitative estimate of drug-likeness (QED) is 0.641. The van der Waals surface area contributed by atoms with E-state index in [1.165, 1.54) is 22.4 Å². The Morgan fingerprint density at radius 1 is 1.06 bits per heavy atom. The van der Waals surface area contributed by atoms with Gasteiger partial charge in [0.1, 0.15) is 7.05 Å². The number of aromatic nitrogens is 1. The van der Waals surface area contributed by atoms with Crippen LogP contribution < -0.4 is 4.57 Å². The minimum absolute atomic E-state index is 0.341. The predicted molar refractivity (Wildman–Crippen MR) is 67.3 cm³/mol. The molecule has 0 fully saturated rings. The van der Waals surface area contributed by atoms with Gasteiger partial charge in [-0.2, -0.15) is 0 Å². The van der Waals surface area contributed by atoms with E-state index in [1.807, 2.05) is 7.05 Å². The molecule has 2 aromatic rings. The summed E-state index contributed by atoms with van der Waals surface area (Å²) < 4.78 is 9.60. The molecule has 0 saturated carbocycles. The molecule has 0 aliphatic heterocycles. The number of benzene rings is 1. The van der Waals surface area contributed by atoms with Crippen LogP contribution in [-0.4, -0.2) is 0 Å². The van der Waals surface area contributed by atoms with E-state index >= 15 is 0 Å². The van der Waals surface area contributed by atoms with E-state index in [1.54, 1.807) is 0 Å². The average Bonchev–Trinajstić information content (AvgIpc) is 2.32. The maximum Gasteiger partial charge on any atom is 0.212 e. The lowest BCUT2D eigenvalue weighted by Crippen LogP contribution is -2.31. The molecule has 0 saturated heterocycles. The zero-order chi connectivity index (χ0) is 12.4. The van der Waals surface area contributed by atoms with Crippen LogP contribution in [0.4, 0.5) is 0 Å². The number of hydrogen-bond acceptors (Lipinski definition) is 0. The van der Waals surface area contributed by atoms with E-state index in [-0.39, 0.29) is 0 Å². The fourth-order valence-corrected chi connectivity index (χ4v) is 1.93. The molecule has 0 bridgehead atoms. The second-order valence-corrected chi connectivity index (χ2v) is 4.29. The number of rotatable bonds is 1. The lowest BCUT2D eigenvalue weighted by Gasteiger charge is -2.06. The van der Waals surface area contributed by atoms with Gasteiger partial charge in [0, 0.05) is 18.6 Å². The lowest BCUT2D eigenvalue weighted by atomic mass is 10.0. The van der Waals surface area contributed by atoms with Gasteiger partial charge in [-0.1, -0.05) is 18.2 Å². The van der Waals surface area contributed by atoms with E-state index in [0.29, 0.717) is 6.90 Å². The Labute approximate surface area is 98.8 Å². The Balaban J connectivity index is 2.61. The van der Waals surface area contributed by atoms with Crippen LogP contribution in [0.25, 0.3) is 11.3 Å². The van der Waals surface area contributed by atoms with Crippen molar-refractivity contribution in [2.45, 2.75) is 20.7 Å². The molecule has 1 aromatic carbocycles. The minimum Gasteiger partial charge on any atom is -0.201 e. The molecule has 0 unspecified atom stereocenters. The summed E-state index contributed by atoms with van der Waals surface area (Å²) in [5.74, 6) is 0. The second-order valence-electron chi connectivity index (χ2n) is 4.29. The molecule has 1 heterocycles. The Morgan fingerprint density at radius 2 is 1.81 bits per heavy atom. The van der Waals surface area contributed by atoms with E-state index in [9.17, 15) is 0 Å². The van der Waals surface area contributed by atoms with Gasteiger partial charge >= 0.3 is 0 Å². The maximum atomic E-state index is 7.49. The van der Waals surface area contributed by atoms with Crippen LogP contribution in [0.1, 0.15) is 18.1 Å². The predicted octanol–water partition coefficient (Wildman–Crippen LogP) is 3.10. The van der Waals surface area contributed by atoms with Gasteiger partial charge < -0.3 is 0 Å². The Bertz CT molecular complexity index is 547. The lowest BCUT2D eigenvalue weighted by molar-refractivity contribution is -0.660. The smallest absolute Gasteiger partial charge is 0.201 e. The molecular weight excluding hydrogens is 194 g/mol. The van der Waals surface area contributed by atoms with E-state index < -0.39 is 0 Å². The Morgan fingerprint density at radius 3 is 2.50 bits per heavy atom. The van der Waals surface area contributed by atoms with Gasteiger partial charge in [-0.3, -0.25) is 0 Å². The Kier molecular flexibility index (Phi) is 2.45. The van der Waals surface area contributed by atoms with Gasteiger partial charge in [-0.05, 0) is 37.9 Å². The first kappa shape index (κ1) is 9.59. The summed E-state index contributed by atoms with van der Waals surface area (Å²) >= 11 is 0. The molecule has 0 N–H and O–H groups in total. The molecule has 1 aromatic heterocycles. The first-order valence-electron chi connectivity index (χ1n) is 6.18. The van der Waals surface area contributed by atoms with E-state index in [2.05, 4.69) is 54.9 Å². The Hall–Kier alpha value is -1.63. The van der Waals surface area contributed by atoms with Crippen LogP contribution in [0.15, 0.2) is 36.5 Å². The zero-order valence-corrected chi connectivity index (χ0v) is 10.1. The first-order chi connectivity index (χ1) is 8.13. The monoisotopic (exact) mass is 213 g/mol. The highest BCUT2D eigenvalue weighted by atomic mass is 14.9. The molecule has 16 heavy (non-hydrogen) atoms. The normalized spacial score (nSPS) is 11.3. The van der Waals surface area contributed by atoms with Crippen LogP contribution >= 0.6 is 0 Å². The maximum absolute atomic E-state index is 7.49. The number of aryl methyl sites for hydroxylation is 4. The summed E-state index contributed by atoms with van der Waals surface area (Å²) in [6, 6.07) is 10.6. The van der Waals surface area contributed by atoms with Crippen molar-refractivity contribution in [3.05, 3.63) is 53.2 Å². The van der Waals surface area contributed by atoms with Crippen molar-refractivity contribution >= 4 is 0 Å². The van der Waals surface area contributed by atoms with E-state index in [0.717, 1.165) is 5.56 Å². The molecule has 82 valence electrons. The second kappa shape index (κ2) is 4.09. The van der Waals surface area contributed by atoms with Crippen LogP contribution in [0.2, 0.25) is 0 Å². The van der Waals surface area contributed by atoms with Gasteiger partial charge in [0.25, 0.3) is 0 Å². The molecule has 1 nitrogen and oxygen atoms in total. The summed E-state index contributed by atoms with van der Waals surface area (Å²) in [4.78, 5) is 0. The van der Waals surface area contributed by atoms with Crippen LogP contribution in [0, 0.1) is 20.7 Å². The van der Waals surface area contributed by atoms with Crippen molar-refractivity contribution < 1.29 is 5.94 Å².